The van der Waals surface area contributed by atoms with Crippen LogP contribution in [0.3, 0.4) is 0 Å². The minimum atomic E-state index is -0.239. The highest BCUT2D eigenvalue weighted by Crippen LogP contribution is 2.33. The number of carbonyl (C=O) groups is 1. The Labute approximate surface area is 180 Å². The van der Waals surface area contributed by atoms with Crippen LogP contribution in [-0.4, -0.2) is 32.1 Å². The van der Waals surface area contributed by atoms with Crippen LogP contribution in [0.25, 0.3) is 0 Å². The number of amides is 1. The lowest BCUT2D eigenvalue weighted by Gasteiger charge is -2.21. The molecule has 1 saturated heterocycles. The van der Waals surface area contributed by atoms with Crippen LogP contribution >= 0.6 is 11.6 Å². The molecule has 3 aromatic rings. The summed E-state index contributed by atoms with van der Waals surface area (Å²) in [5.41, 5.74) is 1.64. The maximum Gasteiger partial charge on any atom is 0.287 e. The maximum atomic E-state index is 12.8. The number of nitrogens with one attached hydrogen (secondary N) is 1. The normalized spacial score (nSPS) is 15.8. The molecule has 2 aromatic carbocycles. The van der Waals surface area contributed by atoms with Crippen molar-refractivity contribution in [1.82, 2.24) is 5.32 Å². The summed E-state index contributed by atoms with van der Waals surface area (Å²) in [6, 6.07) is 16.8. The van der Waals surface area contributed by atoms with Crippen molar-refractivity contribution in [3.63, 3.8) is 0 Å². The van der Waals surface area contributed by atoms with Crippen LogP contribution in [0.4, 0.5) is 5.69 Å². The number of para-hydroxylation sites is 1. The van der Waals surface area contributed by atoms with E-state index >= 15 is 0 Å². The minimum Gasteiger partial charge on any atom is -0.495 e. The number of nitrogens with zero attached hydrogens (tertiary/aromatic N) is 1. The molecule has 2 heterocycles. The van der Waals surface area contributed by atoms with E-state index in [0.717, 1.165) is 30.2 Å². The van der Waals surface area contributed by atoms with Crippen molar-refractivity contribution in [1.29, 1.82) is 0 Å². The molecule has 6 nitrogen and oxygen atoms in total. The molecular weight excluding hydrogens is 404 g/mol. The van der Waals surface area contributed by atoms with Gasteiger partial charge in [-0.2, -0.15) is 0 Å². The van der Waals surface area contributed by atoms with E-state index in [1.165, 1.54) is 6.26 Å². The Morgan fingerprint density at radius 2 is 2.07 bits per heavy atom. The molecule has 0 spiro atoms. The molecule has 1 fully saturated rings. The van der Waals surface area contributed by atoms with Gasteiger partial charge in [0, 0.05) is 29.7 Å². The van der Waals surface area contributed by atoms with E-state index in [9.17, 15) is 4.79 Å². The summed E-state index contributed by atoms with van der Waals surface area (Å²) in [7, 11) is 1.64. The summed E-state index contributed by atoms with van der Waals surface area (Å²) in [6.07, 6.45) is 2.33. The second kappa shape index (κ2) is 9.13. The fourth-order valence-electron chi connectivity index (χ4n) is 3.58. The average Bonchev–Trinajstić information content (AvgIpc) is 3.42. The van der Waals surface area contributed by atoms with Crippen LogP contribution in [-0.2, 0) is 6.61 Å². The number of hydrogen-bond donors (Lipinski definition) is 1. The summed E-state index contributed by atoms with van der Waals surface area (Å²) in [6.45, 7) is 1.72. The quantitative estimate of drug-likeness (QED) is 0.601. The summed E-state index contributed by atoms with van der Waals surface area (Å²) in [5.74, 6) is 1.55. The zero-order valence-electron chi connectivity index (χ0n) is 16.6. The number of benzene rings is 2. The Kier molecular flexibility index (Phi) is 6.14. The van der Waals surface area contributed by atoms with Gasteiger partial charge in [-0.3, -0.25) is 4.79 Å². The molecule has 0 bridgehead atoms. The first kappa shape index (κ1) is 20.2. The van der Waals surface area contributed by atoms with Crippen molar-refractivity contribution in [2.24, 2.45) is 0 Å². The number of rotatable bonds is 7. The smallest absolute Gasteiger partial charge is 0.287 e. The topological polar surface area (TPSA) is 63.9 Å². The summed E-state index contributed by atoms with van der Waals surface area (Å²) < 4.78 is 16.6. The summed E-state index contributed by atoms with van der Waals surface area (Å²) in [5, 5.41) is 3.72. The lowest BCUT2D eigenvalue weighted by atomic mass is 10.2. The molecule has 0 radical (unpaired) electrons. The Morgan fingerprint density at radius 1 is 1.23 bits per heavy atom. The maximum absolute atomic E-state index is 12.8. The van der Waals surface area contributed by atoms with Gasteiger partial charge in [-0.15, -0.1) is 0 Å². The molecule has 4 rings (SSSR count). The van der Waals surface area contributed by atoms with Gasteiger partial charge in [0.1, 0.15) is 18.1 Å². The highest BCUT2D eigenvalue weighted by atomic mass is 35.5. The third-order valence-electron chi connectivity index (χ3n) is 5.10. The van der Waals surface area contributed by atoms with Crippen LogP contribution in [0, 0.1) is 0 Å². The molecule has 1 unspecified atom stereocenters. The highest BCUT2D eigenvalue weighted by molar-refractivity contribution is 6.30. The first-order valence-electron chi connectivity index (χ1n) is 9.77. The molecule has 1 aliphatic rings. The Hall–Kier alpha value is -3.12. The highest BCUT2D eigenvalue weighted by Gasteiger charge is 2.28. The minimum absolute atomic E-state index is 0.00539. The van der Waals surface area contributed by atoms with Crippen molar-refractivity contribution in [3.05, 3.63) is 77.2 Å². The van der Waals surface area contributed by atoms with E-state index < -0.39 is 0 Å². The number of carbonyl (C=O) groups excluding carboxylic acids is 1. The largest absolute Gasteiger partial charge is 0.495 e. The molecular formula is C23H23ClN2O4. The van der Waals surface area contributed by atoms with E-state index in [2.05, 4.69) is 10.2 Å². The van der Waals surface area contributed by atoms with E-state index in [1.54, 1.807) is 19.2 Å². The lowest BCUT2D eigenvalue weighted by molar-refractivity contribution is 0.0909. The molecule has 7 heteroatoms. The zero-order valence-corrected chi connectivity index (χ0v) is 17.4. The SMILES string of the molecule is COc1ccc(Cl)cc1N1CCC(NC(=O)c2occc2COc2ccccc2)C1. The fraction of sp³-hybridized carbons (Fsp3) is 0.261. The second-order valence-corrected chi connectivity index (χ2v) is 7.53. The Bertz CT molecular complexity index is 1010. The molecule has 1 N–H and O–H groups in total. The van der Waals surface area contributed by atoms with Crippen LogP contribution in [0.2, 0.25) is 5.02 Å². The van der Waals surface area contributed by atoms with E-state index in [1.807, 2.05) is 42.5 Å². The Balaban J connectivity index is 1.38. The Morgan fingerprint density at radius 3 is 2.87 bits per heavy atom. The van der Waals surface area contributed by atoms with Crippen molar-refractivity contribution in [3.8, 4) is 11.5 Å². The molecule has 1 atom stereocenters. The van der Waals surface area contributed by atoms with Gasteiger partial charge in [0.25, 0.3) is 5.91 Å². The van der Waals surface area contributed by atoms with Gasteiger partial charge in [-0.05, 0) is 42.8 Å². The van der Waals surface area contributed by atoms with E-state index in [4.69, 9.17) is 25.5 Å². The number of hydrogen-bond acceptors (Lipinski definition) is 5. The number of furan rings is 1. The van der Waals surface area contributed by atoms with Gasteiger partial charge in [-0.25, -0.2) is 0 Å². The van der Waals surface area contributed by atoms with Gasteiger partial charge in [-0.1, -0.05) is 29.8 Å². The van der Waals surface area contributed by atoms with Crippen molar-refractivity contribution < 1.29 is 18.7 Å². The number of anilines is 1. The lowest BCUT2D eigenvalue weighted by Crippen LogP contribution is -2.37. The van der Waals surface area contributed by atoms with Crippen LogP contribution < -0.4 is 19.7 Å². The first-order chi connectivity index (χ1) is 14.6. The molecule has 156 valence electrons. The number of halogens is 1. The van der Waals surface area contributed by atoms with E-state index in [0.29, 0.717) is 17.1 Å². The number of methoxy groups -OCH3 is 1. The van der Waals surface area contributed by atoms with Gasteiger partial charge in [0.15, 0.2) is 5.76 Å². The molecule has 0 aliphatic carbocycles. The molecule has 1 amide bonds. The second-order valence-electron chi connectivity index (χ2n) is 7.10. The van der Waals surface area contributed by atoms with Gasteiger partial charge < -0.3 is 24.1 Å². The standard InChI is InChI=1S/C23H23ClN2O4/c1-28-21-8-7-17(24)13-20(21)26-11-9-18(14-26)25-23(27)22-16(10-12-29-22)15-30-19-5-3-2-4-6-19/h2-8,10,12-13,18H,9,11,14-15H2,1H3,(H,25,27). The van der Waals surface area contributed by atoms with Crippen molar-refractivity contribution in [2.45, 2.75) is 19.1 Å². The third-order valence-corrected chi connectivity index (χ3v) is 5.33. The fourth-order valence-corrected chi connectivity index (χ4v) is 3.75. The van der Waals surface area contributed by atoms with Crippen LogP contribution in [0.15, 0.2) is 65.3 Å². The molecule has 1 aliphatic heterocycles. The van der Waals surface area contributed by atoms with Crippen LogP contribution in [0.1, 0.15) is 22.5 Å². The average molecular weight is 427 g/mol. The van der Waals surface area contributed by atoms with Crippen LogP contribution in [0.5, 0.6) is 11.5 Å². The summed E-state index contributed by atoms with van der Waals surface area (Å²) in [4.78, 5) is 15.0. The monoisotopic (exact) mass is 426 g/mol. The van der Waals surface area contributed by atoms with E-state index in [-0.39, 0.29) is 24.3 Å². The van der Waals surface area contributed by atoms with Crippen molar-refractivity contribution >= 4 is 23.2 Å². The van der Waals surface area contributed by atoms with Gasteiger partial charge in [0.05, 0.1) is 19.1 Å². The first-order valence-corrected chi connectivity index (χ1v) is 10.2. The summed E-state index contributed by atoms with van der Waals surface area (Å²) >= 11 is 6.16. The van der Waals surface area contributed by atoms with Gasteiger partial charge in [0.2, 0.25) is 0 Å². The van der Waals surface area contributed by atoms with Gasteiger partial charge >= 0.3 is 0 Å². The predicted molar refractivity (Wildman–Crippen MR) is 116 cm³/mol. The molecule has 0 saturated carbocycles. The molecule has 1 aromatic heterocycles. The zero-order chi connectivity index (χ0) is 20.9. The number of ether oxygens (including phenoxy) is 2. The van der Waals surface area contributed by atoms with Crippen molar-refractivity contribution in [2.75, 3.05) is 25.1 Å². The molecule has 30 heavy (non-hydrogen) atoms. The third kappa shape index (κ3) is 4.54. The predicted octanol–water partition coefficient (Wildman–Crippen LogP) is 4.53.